The first-order valence-corrected chi connectivity index (χ1v) is 6.51. The monoisotopic (exact) mass is 289 g/mol. The number of hydrogen-bond acceptors (Lipinski definition) is 3. The Morgan fingerprint density at radius 1 is 1.24 bits per heavy atom. The Hall–Kier alpha value is -2.40. The van der Waals surface area contributed by atoms with Gasteiger partial charge in [0.1, 0.15) is 18.2 Å². The van der Waals surface area contributed by atoms with E-state index in [0.29, 0.717) is 22.6 Å². The second-order valence-electron chi connectivity index (χ2n) is 4.51. The van der Waals surface area contributed by atoms with Gasteiger partial charge in [0.05, 0.1) is 6.61 Å². The van der Waals surface area contributed by atoms with Crippen LogP contribution in [0.5, 0.6) is 5.75 Å². The number of aliphatic hydroxyl groups is 1. The zero-order chi connectivity index (χ0) is 15.2. The van der Waals surface area contributed by atoms with Gasteiger partial charge in [-0.1, -0.05) is 0 Å². The van der Waals surface area contributed by atoms with E-state index in [2.05, 4.69) is 5.32 Å². The molecule has 5 heteroatoms. The molecule has 0 aromatic heterocycles. The molecular formula is C16H16FNO3. The molecule has 2 N–H and O–H groups in total. The lowest BCUT2D eigenvalue weighted by molar-refractivity contribution is 0.102. The standard InChI is InChI=1S/C16H16FNO3/c1-11-10-12(2-7-15(11)17)16(20)18-13-3-5-14(6-4-13)21-9-8-19/h2-7,10,19H,8-9H2,1H3,(H,18,20). The van der Waals surface area contributed by atoms with E-state index < -0.39 is 0 Å². The fourth-order valence-corrected chi connectivity index (χ4v) is 1.79. The lowest BCUT2D eigenvalue weighted by Gasteiger charge is -2.08. The van der Waals surface area contributed by atoms with Gasteiger partial charge in [-0.15, -0.1) is 0 Å². The highest BCUT2D eigenvalue weighted by Gasteiger charge is 2.08. The molecule has 21 heavy (non-hydrogen) atoms. The van der Waals surface area contributed by atoms with Crippen molar-refractivity contribution in [2.24, 2.45) is 0 Å². The summed E-state index contributed by atoms with van der Waals surface area (Å²) in [6.07, 6.45) is 0. The highest BCUT2D eigenvalue weighted by Crippen LogP contribution is 2.17. The number of rotatable bonds is 5. The van der Waals surface area contributed by atoms with Gasteiger partial charge >= 0.3 is 0 Å². The Morgan fingerprint density at radius 3 is 2.57 bits per heavy atom. The van der Waals surface area contributed by atoms with Crippen molar-refractivity contribution in [2.45, 2.75) is 6.92 Å². The predicted octanol–water partition coefficient (Wildman–Crippen LogP) is 2.76. The molecule has 0 saturated carbocycles. The van der Waals surface area contributed by atoms with Crippen LogP contribution in [0.3, 0.4) is 0 Å². The number of carbonyl (C=O) groups is 1. The van der Waals surface area contributed by atoms with Crippen LogP contribution in [0.4, 0.5) is 10.1 Å². The molecule has 0 heterocycles. The highest BCUT2D eigenvalue weighted by atomic mass is 19.1. The van der Waals surface area contributed by atoms with Crippen molar-refractivity contribution < 1.29 is 19.0 Å². The molecule has 0 saturated heterocycles. The van der Waals surface area contributed by atoms with Crippen molar-refractivity contribution in [1.29, 1.82) is 0 Å². The van der Waals surface area contributed by atoms with Gasteiger partial charge < -0.3 is 15.2 Å². The van der Waals surface area contributed by atoms with E-state index in [-0.39, 0.29) is 24.9 Å². The van der Waals surface area contributed by atoms with Gasteiger partial charge in [0.15, 0.2) is 0 Å². The van der Waals surface area contributed by atoms with E-state index in [1.165, 1.54) is 18.2 Å². The van der Waals surface area contributed by atoms with Crippen LogP contribution >= 0.6 is 0 Å². The van der Waals surface area contributed by atoms with Crippen molar-refractivity contribution in [3.05, 3.63) is 59.4 Å². The molecule has 1 amide bonds. The molecule has 0 aliphatic carbocycles. The van der Waals surface area contributed by atoms with Gasteiger partial charge in [-0.05, 0) is 55.0 Å². The second-order valence-corrected chi connectivity index (χ2v) is 4.51. The lowest BCUT2D eigenvalue weighted by atomic mass is 10.1. The largest absolute Gasteiger partial charge is 0.491 e. The minimum Gasteiger partial charge on any atom is -0.491 e. The fraction of sp³-hybridized carbons (Fsp3) is 0.188. The molecule has 2 aromatic carbocycles. The maximum atomic E-state index is 13.2. The number of hydrogen-bond donors (Lipinski definition) is 2. The minimum absolute atomic E-state index is 0.0532. The molecule has 0 fully saturated rings. The fourth-order valence-electron chi connectivity index (χ4n) is 1.79. The minimum atomic E-state index is -0.336. The zero-order valence-electron chi connectivity index (χ0n) is 11.6. The molecule has 4 nitrogen and oxygen atoms in total. The van der Waals surface area contributed by atoms with Gasteiger partial charge in [-0.25, -0.2) is 4.39 Å². The summed E-state index contributed by atoms with van der Waals surface area (Å²) in [5.74, 6) is -0.0289. The van der Waals surface area contributed by atoms with Crippen LogP contribution in [0, 0.1) is 12.7 Å². The number of benzene rings is 2. The first kappa shape index (κ1) is 15.0. The molecule has 2 rings (SSSR count). The summed E-state index contributed by atoms with van der Waals surface area (Å²) in [5.41, 5.74) is 1.43. The number of aryl methyl sites for hydroxylation is 1. The third-order valence-corrected chi connectivity index (χ3v) is 2.89. The van der Waals surface area contributed by atoms with E-state index >= 15 is 0 Å². The molecule has 0 aliphatic rings. The number of carbonyl (C=O) groups excluding carboxylic acids is 1. The average Bonchev–Trinajstić information content (AvgIpc) is 2.49. The predicted molar refractivity (Wildman–Crippen MR) is 78.1 cm³/mol. The number of nitrogens with one attached hydrogen (secondary N) is 1. The van der Waals surface area contributed by atoms with Gasteiger partial charge in [0.2, 0.25) is 0 Å². The van der Waals surface area contributed by atoms with Crippen molar-refractivity contribution in [2.75, 3.05) is 18.5 Å². The molecule has 0 unspecified atom stereocenters. The lowest BCUT2D eigenvalue weighted by Crippen LogP contribution is -2.12. The first-order valence-electron chi connectivity index (χ1n) is 6.51. The van der Waals surface area contributed by atoms with Crippen molar-refractivity contribution >= 4 is 11.6 Å². The van der Waals surface area contributed by atoms with Crippen LogP contribution in [0.2, 0.25) is 0 Å². The number of halogens is 1. The van der Waals surface area contributed by atoms with E-state index in [1.54, 1.807) is 31.2 Å². The Morgan fingerprint density at radius 2 is 1.95 bits per heavy atom. The quantitative estimate of drug-likeness (QED) is 0.890. The van der Waals surface area contributed by atoms with Gasteiger partial charge in [0, 0.05) is 11.3 Å². The van der Waals surface area contributed by atoms with E-state index in [4.69, 9.17) is 9.84 Å². The van der Waals surface area contributed by atoms with Crippen molar-refractivity contribution in [1.82, 2.24) is 0 Å². The summed E-state index contributed by atoms with van der Waals surface area (Å²) in [6.45, 7) is 1.78. The van der Waals surface area contributed by atoms with Crippen LogP contribution < -0.4 is 10.1 Å². The summed E-state index contributed by atoms with van der Waals surface area (Å²) in [7, 11) is 0. The van der Waals surface area contributed by atoms with Crippen LogP contribution in [0.1, 0.15) is 15.9 Å². The molecule has 0 atom stereocenters. The van der Waals surface area contributed by atoms with Gasteiger partial charge in [-0.2, -0.15) is 0 Å². The summed E-state index contributed by atoms with van der Waals surface area (Å²) in [4.78, 5) is 12.0. The second kappa shape index (κ2) is 6.85. The number of ether oxygens (including phenoxy) is 1. The Balaban J connectivity index is 2.03. The van der Waals surface area contributed by atoms with Gasteiger partial charge in [0.25, 0.3) is 5.91 Å². The maximum Gasteiger partial charge on any atom is 0.255 e. The molecule has 110 valence electrons. The number of aliphatic hydroxyl groups excluding tert-OH is 1. The van der Waals surface area contributed by atoms with E-state index in [0.717, 1.165) is 0 Å². The topological polar surface area (TPSA) is 58.6 Å². The SMILES string of the molecule is Cc1cc(C(=O)Nc2ccc(OCCO)cc2)ccc1F. The average molecular weight is 289 g/mol. The van der Waals surface area contributed by atoms with E-state index in [1.807, 2.05) is 0 Å². The Bertz CT molecular complexity index is 626. The van der Waals surface area contributed by atoms with Crippen LogP contribution in [-0.4, -0.2) is 24.2 Å². The first-order chi connectivity index (χ1) is 10.1. The summed E-state index contributed by atoms with van der Waals surface area (Å²) in [6, 6.07) is 11.0. The Kier molecular flexibility index (Phi) is 4.90. The third-order valence-electron chi connectivity index (χ3n) is 2.89. The van der Waals surface area contributed by atoms with Crippen LogP contribution in [0.25, 0.3) is 0 Å². The summed E-state index contributed by atoms with van der Waals surface area (Å²) < 4.78 is 18.4. The number of anilines is 1. The van der Waals surface area contributed by atoms with Gasteiger partial charge in [-0.3, -0.25) is 4.79 Å². The molecule has 0 spiro atoms. The molecular weight excluding hydrogens is 273 g/mol. The van der Waals surface area contributed by atoms with Crippen molar-refractivity contribution in [3.63, 3.8) is 0 Å². The molecule has 2 aromatic rings. The number of amides is 1. The normalized spacial score (nSPS) is 10.2. The molecule has 0 aliphatic heterocycles. The van der Waals surface area contributed by atoms with Crippen molar-refractivity contribution in [3.8, 4) is 5.75 Å². The summed E-state index contributed by atoms with van der Waals surface area (Å²) in [5, 5.41) is 11.4. The highest BCUT2D eigenvalue weighted by molar-refractivity contribution is 6.04. The van der Waals surface area contributed by atoms with E-state index in [9.17, 15) is 9.18 Å². The molecule has 0 radical (unpaired) electrons. The summed E-state index contributed by atoms with van der Waals surface area (Å²) >= 11 is 0. The maximum absolute atomic E-state index is 13.2. The van der Waals surface area contributed by atoms with Crippen LogP contribution in [0.15, 0.2) is 42.5 Å². The molecule has 0 bridgehead atoms. The third kappa shape index (κ3) is 4.03. The Labute approximate surface area is 122 Å². The van der Waals surface area contributed by atoms with Crippen LogP contribution in [-0.2, 0) is 0 Å². The zero-order valence-corrected chi connectivity index (χ0v) is 11.6. The smallest absolute Gasteiger partial charge is 0.255 e.